The Morgan fingerprint density at radius 2 is 2.41 bits per heavy atom. The molecule has 0 aliphatic carbocycles. The number of pyridine rings is 1. The second-order valence-electron chi connectivity index (χ2n) is 4.64. The number of nitrogens with zero attached hydrogens (tertiary/aromatic N) is 2. The van der Waals surface area contributed by atoms with Gasteiger partial charge < -0.3 is 5.32 Å². The summed E-state index contributed by atoms with van der Waals surface area (Å²) in [4.78, 5) is 6.89. The summed E-state index contributed by atoms with van der Waals surface area (Å²) in [6.07, 6.45) is 5.70. The fourth-order valence-electron chi connectivity index (χ4n) is 2.48. The van der Waals surface area contributed by atoms with Gasteiger partial charge in [0.2, 0.25) is 0 Å². The lowest BCUT2D eigenvalue weighted by molar-refractivity contribution is 0.137. The highest BCUT2D eigenvalue weighted by atomic mass is 35.5. The molecule has 2 rings (SSSR count). The van der Waals surface area contributed by atoms with E-state index in [9.17, 15) is 0 Å². The van der Waals surface area contributed by atoms with E-state index in [1.54, 1.807) is 6.20 Å². The molecule has 0 bridgehead atoms. The van der Waals surface area contributed by atoms with Gasteiger partial charge in [-0.3, -0.25) is 9.88 Å². The second-order valence-corrected chi connectivity index (χ2v) is 5.08. The summed E-state index contributed by atoms with van der Waals surface area (Å²) in [7, 11) is 2.02. The van der Waals surface area contributed by atoms with E-state index in [0.29, 0.717) is 6.04 Å². The Morgan fingerprint density at radius 1 is 1.53 bits per heavy atom. The van der Waals surface area contributed by atoms with E-state index in [1.807, 2.05) is 19.2 Å². The van der Waals surface area contributed by atoms with Gasteiger partial charge in [-0.2, -0.15) is 0 Å². The Labute approximate surface area is 108 Å². The fraction of sp³-hybridized carbons (Fsp3) is 0.615. The third-order valence-electron chi connectivity index (χ3n) is 3.33. The topological polar surface area (TPSA) is 28.2 Å². The van der Waals surface area contributed by atoms with Crippen LogP contribution < -0.4 is 5.32 Å². The van der Waals surface area contributed by atoms with Gasteiger partial charge in [-0.15, -0.1) is 0 Å². The molecule has 0 spiro atoms. The van der Waals surface area contributed by atoms with Crippen LogP contribution in [0.1, 0.15) is 25.0 Å². The molecule has 1 fully saturated rings. The molecule has 2 heterocycles. The minimum Gasteiger partial charge on any atom is -0.318 e. The van der Waals surface area contributed by atoms with Crippen LogP contribution in [0.3, 0.4) is 0 Å². The predicted octanol–water partition coefficient (Wildman–Crippen LogP) is 2.31. The lowest BCUT2D eigenvalue weighted by Crippen LogP contribution is -2.44. The number of piperidine rings is 1. The Balaban J connectivity index is 2.00. The maximum absolute atomic E-state index is 5.99. The molecule has 1 N–H and O–H groups in total. The van der Waals surface area contributed by atoms with Crippen LogP contribution >= 0.6 is 11.6 Å². The van der Waals surface area contributed by atoms with Crippen LogP contribution in [0.5, 0.6) is 0 Å². The highest BCUT2D eigenvalue weighted by Crippen LogP contribution is 2.19. The van der Waals surface area contributed by atoms with Gasteiger partial charge in [0.1, 0.15) is 0 Å². The van der Waals surface area contributed by atoms with E-state index >= 15 is 0 Å². The molecule has 1 aliphatic heterocycles. The van der Waals surface area contributed by atoms with Crippen molar-refractivity contribution in [1.29, 1.82) is 0 Å². The van der Waals surface area contributed by atoms with Crippen molar-refractivity contribution in [3.8, 4) is 0 Å². The van der Waals surface area contributed by atoms with Gasteiger partial charge in [0.15, 0.2) is 0 Å². The highest BCUT2D eigenvalue weighted by Gasteiger charge is 2.21. The van der Waals surface area contributed by atoms with Gasteiger partial charge in [0.25, 0.3) is 0 Å². The van der Waals surface area contributed by atoms with Gasteiger partial charge in [-0.05, 0) is 38.6 Å². The van der Waals surface area contributed by atoms with E-state index in [-0.39, 0.29) is 0 Å². The predicted molar refractivity (Wildman–Crippen MR) is 71.2 cm³/mol. The number of rotatable bonds is 4. The van der Waals surface area contributed by atoms with Gasteiger partial charge in [-0.25, -0.2) is 0 Å². The highest BCUT2D eigenvalue weighted by molar-refractivity contribution is 6.30. The maximum Gasteiger partial charge on any atom is 0.0558 e. The first kappa shape index (κ1) is 12.8. The summed E-state index contributed by atoms with van der Waals surface area (Å²) >= 11 is 5.99. The SMILES string of the molecule is CNCC1CCCCN1Cc1cc(Cl)ccn1. The van der Waals surface area contributed by atoms with Crippen molar-refractivity contribution in [2.45, 2.75) is 31.8 Å². The minimum absolute atomic E-state index is 0.634. The van der Waals surface area contributed by atoms with Crippen molar-refractivity contribution in [2.24, 2.45) is 0 Å². The Morgan fingerprint density at radius 3 is 3.18 bits per heavy atom. The van der Waals surface area contributed by atoms with E-state index in [4.69, 9.17) is 11.6 Å². The maximum atomic E-state index is 5.99. The number of hydrogen-bond acceptors (Lipinski definition) is 3. The lowest BCUT2D eigenvalue weighted by Gasteiger charge is -2.35. The molecule has 94 valence electrons. The summed E-state index contributed by atoms with van der Waals surface area (Å²) in [5, 5.41) is 4.05. The molecule has 0 amide bonds. The first-order valence-corrected chi connectivity index (χ1v) is 6.66. The average Bonchev–Trinajstić information content (AvgIpc) is 2.32. The van der Waals surface area contributed by atoms with Crippen LogP contribution in [0.2, 0.25) is 5.02 Å². The average molecular weight is 254 g/mol. The molecule has 1 aromatic rings. The quantitative estimate of drug-likeness (QED) is 0.893. The van der Waals surface area contributed by atoms with E-state index in [1.165, 1.54) is 25.8 Å². The fourth-order valence-corrected chi connectivity index (χ4v) is 2.66. The number of aromatic nitrogens is 1. The van der Waals surface area contributed by atoms with Crippen molar-refractivity contribution in [3.05, 3.63) is 29.0 Å². The lowest BCUT2D eigenvalue weighted by atomic mass is 10.0. The first-order valence-electron chi connectivity index (χ1n) is 6.28. The van der Waals surface area contributed by atoms with E-state index in [2.05, 4.69) is 15.2 Å². The smallest absolute Gasteiger partial charge is 0.0558 e. The third-order valence-corrected chi connectivity index (χ3v) is 3.57. The van der Waals surface area contributed by atoms with Crippen LogP contribution in [-0.4, -0.2) is 36.1 Å². The standard InChI is InChI=1S/C13H20ClN3/c1-15-9-13-4-2-3-7-17(13)10-12-8-11(14)5-6-16-12/h5-6,8,13,15H,2-4,7,9-10H2,1H3. The number of halogens is 1. The molecule has 0 radical (unpaired) electrons. The number of hydrogen-bond donors (Lipinski definition) is 1. The second kappa shape index (κ2) is 6.34. The molecular formula is C13H20ClN3. The summed E-state index contributed by atoms with van der Waals surface area (Å²) < 4.78 is 0. The Kier molecular flexibility index (Phi) is 4.77. The molecule has 0 saturated carbocycles. The van der Waals surface area contributed by atoms with Crippen molar-refractivity contribution < 1.29 is 0 Å². The minimum atomic E-state index is 0.634. The molecular weight excluding hydrogens is 234 g/mol. The zero-order chi connectivity index (χ0) is 12.1. The van der Waals surface area contributed by atoms with Crippen LogP contribution in [0, 0.1) is 0 Å². The summed E-state index contributed by atoms with van der Waals surface area (Å²) in [5.74, 6) is 0. The number of likely N-dealkylation sites (N-methyl/N-ethyl adjacent to an activating group) is 1. The van der Waals surface area contributed by atoms with Crippen molar-refractivity contribution in [1.82, 2.24) is 15.2 Å². The largest absolute Gasteiger partial charge is 0.318 e. The first-order chi connectivity index (χ1) is 8.29. The summed E-state index contributed by atoms with van der Waals surface area (Å²) in [5.41, 5.74) is 1.07. The molecule has 1 aliphatic rings. The van der Waals surface area contributed by atoms with Crippen LogP contribution in [0.15, 0.2) is 18.3 Å². The number of nitrogens with one attached hydrogen (secondary N) is 1. The monoisotopic (exact) mass is 253 g/mol. The van der Waals surface area contributed by atoms with Gasteiger partial charge in [0.05, 0.1) is 5.69 Å². The number of likely N-dealkylation sites (tertiary alicyclic amines) is 1. The molecule has 1 aromatic heterocycles. The van der Waals surface area contributed by atoms with Gasteiger partial charge >= 0.3 is 0 Å². The van der Waals surface area contributed by atoms with Crippen molar-refractivity contribution in [3.63, 3.8) is 0 Å². The summed E-state index contributed by atoms with van der Waals surface area (Å²) in [6.45, 7) is 3.13. The normalized spacial score (nSPS) is 21.6. The zero-order valence-electron chi connectivity index (χ0n) is 10.3. The van der Waals surface area contributed by atoms with Crippen LogP contribution in [-0.2, 0) is 6.54 Å². The Hall–Kier alpha value is -0.640. The van der Waals surface area contributed by atoms with E-state index < -0.39 is 0 Å². The van der Waals surface area contributed by atoms with Crippen LogP contribution in [0.4, 0.5) is 0 Å². The third kappa shape index (κ3) is 3.66. The molecule has 3 nitrogen and oxygen atoms in total. The molecule has 1 saturated heterocycles. The van der Waals surface area contributed by atoms with Crippen molar-refractivity contribution >= 4 is 11.6 Å². The summed E-state index contributed by atoms with van der Waals surface area (Å²) in [6, 6.07) is 4.42. The van der Waals surface area contributed by atoms with Crippen LogP contribution in [0.25, 0.3) is 0 Å². The Bertz CT molecular complexity index is 354. The molecule has 1 atom stereocenters. The van der Waals surface area contributed by atoms with Gasteiger partial charge in [-0.1, -0.05) is 18.0 Å². The van der Waals surface area contributed by atoms with E-state index in [0.717, 1.165) is 23.8 Å². The van der Waals surface area contributed by atoms with Gasteiger partial charge in [0, 0.05) is 30.4 Å². The van der Waals surface area contributed by atoms with Crippen molar-refractivity contribution in [2.75, 3.05) is 20.1 Å². The molecule has 4 heteroatoms. The molecule has 0 aromatic carbocycles. The molecule has 17 heavy (non-hydrogen) atoms. The zero-order valence-corrected chi connectivity index (χ0v) is 11.1. The molecule has 1 unspecified atom stereocenters.